The molecule has 2 rings (SSSR count). The average Bonchev–Trinajstić information content (AvgIpc) is 2.92. The number of nitrogens with zero attached hydrogens (tertiary/aromatic N) is 2. The van der Waals surface area contributed by atoms with E-state index in [2.05, 4.69) is 36.3 Å². The third kappa shape index (κ3) is 3.69. The lowest BCUT2D eigenvalue weighted by Crippen LogP contribution is -2.30. The smallest absolute Gasteiger partial charge is 0.129 e. The SMILES string of the molecule is CCCc1cc(CNC)cc(N(C)C2CCCC2)n1. The molecular weight excluding hydrogens is 234 g/mol. The Morgan fingerprint density at radius 3 is 2.68 bits per heavy atom. The Morgan fingerprint density at radius 1 is 1.32 bits per heavy atom. The summed E-state index contributed by atoms with van der Waals surface area (Å²) in [5.74, 6) is 1.16. The molecule has 1 aromatic heterocycles. The van der Waals surface area contributed by atoms with Crippen molar-refractivity contribution in [3.05, 3.63) is 23.4 Å². The minimum absolute atomic E-state index is 0.687. The van der Waals surface area contributed by atoms with E-state index in [1.165, 1.54) is 36.9 Å². The molecule has 3 nitrogen and oxygen atoms in total. The van der Waals surface area contributed by atoms with Gasteiger partial charge in [-0.2, -0.15) is 0 Å². The summed E-state index contributed by atoms with van der Waals surface area (Å²) < 4.78 is 0. The van der Waals surface area contributed by atoms with Gasteiger partial charge in [0.15, 0.2) is 0 Å². The van der Waals surface area contributed by atoms with Gasteiger partial charge in [-0.05, 0) is 44.0 Å². The molecule has 1 N–H and O–H groups in total. The van der Waals surface area contributed by atoms with E-state index in [0.717, 1.165) is 25.2 Å². The third-order valence-electron chi connectivity index (χ3n) is 4.05. The molecule has 1 aliphatic rings. The summed E-state index contributed by atoms with van der Waals surface area (Å²) in [4.78, 5) is 7.24. The quantitative estimate of drug-likeness (QED) is 0.852. The zero-order valence-electron chi connectivity index (χ0n) is 12.6. The van der Waals surface area contributed by atoms with Crippen LogP contribution in [0.15, 0.2) is 12.1 Å². The lowest BCUT2D eigenvalue weighted by Gasteiger charge is -2.26. The molecule has 0 spiro atoms. The van der Waals surface area contributed by atoms with Gasteiger partial charge in [0, 0.05) is 25.3 Å². The lowest BCUT2D eigenvalue weighted by molar-refractivity contribution is 0.643. The lowest BCUT2D eigenvalue weighted by atomic mass is 10.1. The van der Waals surface area contributed by atoms with Gasteiger partial charge < -0.3 is 10.2 Å². The van der Waals surface area contributed by atoms with Crippen LogP contribution < -0.4 is 10.2 Å². The summed E-state index contributed by atoms with van der Waals surface area (Å²) in [6.45, 7) is 3.14. The summed E-state index contributed by atoms with van der Waals surface area (Å²) in [7, 11) is 4.21. The summed E-state index contributed by atoms with van der Waals surface area (Å²) >= 11 is 0. The van der Waals surface area contributed by atoms with E-state index in [1.54, 1.807) is 0 Å². The highest BCUT2D eigenvalue weighted by atomic mass is 15.2. The van der Waals surface area contributed by atoms with E-state index < -0.39 is 0 Å². The summed E-state index contributed by atoms with van der Waals surface area (Å²) in [5, 5.41) is 3.24. The van der Waals surface area contributed by atoms with Crippen molar-refractivity contribution in [1.82, 2.24) is 10.3 Å². The van der Waals surface area contributed by atoms with Crippen LogP contribution in [0.2, 0.25) is 0 Å². The number of aromatic nitrogens is 1. The molecule has 0 aromatic carbocycles. The molecule has 1 heterocycles. The zero-order valence-corrected chi connectivity index (χ0v) is 12.6. The van der Waals surface area contributed by atoms with Crippen LogP contribution in [-0.4, -0.2) is 25.1 Å². The molecule has 106 valence electrons. The number of aryl methyl sites for hydroxylation is 1. The van der Waals surface area contributed by atoms with Gasteiger partial charge in [-0.25, -0.2) is 4.98 Å². The van der Waals surface area contributed by atoms with Crippen molar-refractivity contribution in [1.29, 1.82) is 0 Å². The van der Waals surface area contributed by atoms with E-state index in [0.29, 0.717) is 6.04 Å². The van der Waals surface area contributed by atoms with Crippen molar-refractivity contribution in [2.75, 3.05) is 19.0 Å². The minimum Gasteiger partial charge on any atom is -0.357 e. The second kappa shape index (κ2) is 6.90. The maximum absolute atomic E-state index is 4.85. The molecular formula is C16H27N3. The third-order valence-corrected chi connectivity index (χ3v) is 4.05. The highest BCUT2D eigenvalue weighted by molar-refractivity contribution is 5.43. The first kappa shape index (κ1) is 14.3. The number of nitrogens with one attached hydrogen (secondary N) is 1. The fourth-order valence-corrected chi connectivity index (χ4v) is 2.98. The Kier molecular flexibility index (Phi) is 5.20. The summed E-state index contributed by atoms with van der Waals surface area (Å²) in [5.41, 5.74) is 2.58. The maximum Gasteiger partial charge on any atom is 0.129 e. The Balaban J connectivity index is 2.21. The van der Waals surface area contributed by atoms with Crippen molar-refractivity contribution in [2.45, 2.75) is 58.0 Å². The number of rotatable bonds is 6. The normalized spacial score (nSPS) is 15.9. The zero-order chi connectivity index (χ0) is 13.7. The second-order valence-electron chi connectivity index (χ2n) is 5.65. The van der Waals surface area contributed by atoms with Crippen LogP contribution in [0, 0.1) is 0 Å². The van der Waals surface area contributed by atoms with Crippen LogP contribution in [0.1, 0.15) is 50.3 Å². The average molecular weight is 261 g/mol. The van der Waals surface area contributed by atoms with Crippen LogP contribution in [0.25, 0.3) is 0 Å². The van der Waals surface area contributed by atoms with Gasteiger partial charge in [0.2, 0.25) is 0 Å². The molecule has 1 saturated carbocycles. The molecule has 0 amide bonds. The first-order valence-corrected chi connectivity index (χ1v) is 7.62. The number of pyridine rings is 1. The molecule has 0 bridgehead atoms. The molecule has 0 radical (unpaired) electrons. The van der Waals surface area contributed by atoms with Crippen molar-refractivity contribution in [2.24, 2.45) is 0 Å². The standard InChI is InChI=1S/C16H27N3/c1-4-7-14-10-13(12-17-2)11-16(18-14)19(3)15-8-5-6-9-15/h10-11,15,17H,4-9,12H2,1-3H3. The fraction of sp³-hybridized carbons (Fsp3) is 0.688. The maximum atomic E-state index is 4.85. The van der Waals surface area contributed by atoms with Crippen LogP contribution in [0.3, 0.4) is 0 Å². The van der Waals surface area contributed by atoms with Crippen molar-refractivity contribution < 1.29 is 0 Å². The van der Waals surface area contributed by atoms with E-state index in [4.69, 9.17) is 4.98 Å². The van der Waals surface area contributed by atoms with Crippen molar-refractivity contribution in [3.63, 3.8) is 0 Å². The molecule has 1 aromatic rings. The van der Waals surface area contributed by atoms with Gasteiger partial charge in [-0.1, -0.05) is 26.2 Å². The predicted octanol–water partition coefficient (Wildman–Crippen LogP) is 3.13. The Labute approximate surface area is 117 Å². The van der Waals surface area contributed by atoms with Crippen LogP contribution >= 0.6 is 0 Å². The van der Waals surface area contributed by atoms with Gasteiger partial charge in [0.05, 0.1) is 0 Å². The first-order chi connectivity index (χ1) is 9.24. The number of anilines is 1. The Bertz CT molecular complexity index is 373. The van der Waals surface area contributed by atoms with Gasteiger partial charge in [0.25, 0.3) is 0 Å². The fourth-order valence-electron chi connectivity index (χ4n) is 2.98. The molecule has 1 fully saturated rings. The first-order valence-electron chi connectivity index (χ1n) is 7.62. The topological polar surface area (TPSA) is 28.2 Å². The minimum atomic E-state index is 0.687. The van der Waals surface area contributed by atoms with Gasteiger partial charge in [-0.3, -0.25) is 0 Å². The van der Waals surface area contributed by atoms with Crippen LogP contribution in [0.5, 0.6) is 0 Å². The van der Waals surface area contributed by atoms with Crippen molar-refractivity contribution in [3.8, 4) is 0 Å². The van der Waals surface area contributed by atoms with E-state index in [-0.39, 0.29) is 0 Å². The molecule has 0 unspecified atom stereocenters. The largest absolute Gasteiger partial charge is 0.357 e. The molecule has 0 atom stereocenters. The number of hydrogen-bond donors (Lipinski definition) is 1. The monoisotopic (exact) mass is 261 g/mol. The van der Waals surface area contributed by atoms with Crippen LogP contribution in [0.4, 0.5) is 5.82 Å². The number of hydrogen-bond acceptors (Lipinski definition) is 3. The van der Waals surface area contributed by atoms with E-state index in [9.17, 15) is 0 Å². The summed E-state index contributed by atoms with van der Waals surface area (Å²) in [6, 6.07) is 5.17. The second-order valence-corrected chi connectivity index (χ2v) is 5.65. The van der Waals surface area contributed by atoms with Gasteiger partial charge in [-0.15, -0.1) is 0 Å². The van der Waals surface area contributed by atoms with Gasteiger partial charge in [0.1, 0.15) is 5.82 Å². The Morgan fingerprint density at radius 2 is 2.05 bits per heavy atom. The highest BCUT2D eigenvalue weighted by Gasteiger charge is 2.21. The van der Waals surface area contributed by atoms with Crippen LogP contribution in [-0.2, 0) is 13.0 Å². The van der Waals surface area contributed by atoms with E-state index in [1.807, 2.05) is 7.05 Å². The molecule has 1 aliphatic carbocycles. The predicted molar refractivity (Wildman–Crippen MR) is 81.7 cm³/mol. The Hall–Kier alpha value is -1.09. The highest BCUT2D eigenvalue weighted by Crippen LogP contribution is 2.26. The van der Waals surface area contributed by atoms with Crippen molar-refractivity contribution >= 4 is 5.82 Å². The van der Waals surface area contributed by atoms with E-state index >= 15 is 0 Å². The molecule has 0 saturated heterocycles. The summed E-state index contributed by atoms with van der Waals surface area (Å²) in [6.07, 6.45) is 7.60. The molecule has 19 heavy (non-hydrogen) atoms. The van der Waals surface area contributed by atoms with Gasteiger partial charge >= 0.3 is 0 Å². The molecule has 0 aliphatic heterocycles. The molecule has 3 heteroatoms.